The number of halogens is 3. The first-order valence-corrected chi connectivity index (χ1v) is 6.41. The van der Waals surface area contributed by atoms with Crippen LogP contribution in [0.2, 0.25) is 0 Å². The molecule has 0 aliphatic heterocycles. The van der Waals surface area contributed by atoms with Crippen molar-refractivity contribution < 1.29 is 13.2 Å². The lowest BCUT2D eigenvalue weighted by atomic mass is 10.0. The first kappa shape index (κ1) is 13.0. The molecule has 18 heavy (non-hydrogen) atoms. The maximum absolute atomic E-state index is 12.6. The van der Waals surface area contributed by atoms with Crippen LogP contribution in [0.25, 0.3) is 11.1 Å². The summed E-state index contributed by atoms with van der Waals surface area (Å²) < 4.78 is 37.8. The molecule has 0 radical (unpaired) electrons. The van der Waals surface area contributed by atoms with E-state index in [2.05, 4.69) is 4.98 Å². The lowest BCUT2D eigenvalue weighted by Crippen LogP contribution is -2.04. The van der Waals surface area contributed by atoms with E-state index in [1.165, 1.54) is 17.8 Å². The van der Waals surface area contributed by atoms with E-state index in [1.54, 1.807) is 24.4 Å². The molecule has 0 unspecified atom stereocenters. The Morgan fingerprint density at radius 1 is 1.06 bits per heavy atom. The van der Waals surface area contributed by atoms with Crippen LogP contribution < -0.4 is 0 Å². The SMILES string of the molecule is CSc1ccc(-c2cccc(C(F)(F)F)c2)cn1. The van der Waals surface area contributed by atoms with Gasteiger partial charge >= 0.3 is 6.18 Å². The summed E-state index contributed by atoms with van der Waals surface area (Å²) in [5.74, 6) is 0. The molecule has 0 bridgehead atoms. The normalized spacial score (nSPS) is 11.6. The molecule has 94 valence electrons. The maximum atomic E-state index is 12.6. The van der Waals surface area contributed by atoms with Gasteiger partial charge in [0.05, 0.1) is 10.6 Å². The number of hydrogen-bond donors (Lipinski definition) is 0. The third kappa shape index (κ3) is 2.85. The monoisotopic (exact) mass is 269 g/mol. The lowest BCUT2D eigenvalue weighted by Gasteiger charge is -2.08. The van der Waals surface area contributed by atoms with E-state index in [9.17, 15) is 13.2 Å². The molecular formula is C13H10F3NS. The molecule has 0 saturated carbocycles. The Kier molecular flexibility index (Phi) is 3.61. The number of alkyl halides is 3. The van der Waals surface area contributed by atoms with Gasteiger partial charge in [0.15, 0.2) is 0 Å². The number of aromatic nitrogens is 1. The number of pyridine rings is 1. The van der Waals surface area contributed by atoms with Gasteiger partial charge in [-0.15, -0.1) is 11.8 Å². The van der Waals surface area contributed by atoms with Crippen molar-refractivity contribution in [2.75, 3.05) is 6.26 Å². The highest BCUT2D eigenvalue weighted by Gasteiger charge is 2.30. The Bertz CT molecular complexity index is 535. The summed E-state index contributed by atoms with van der Waals surface area (Å²) in [6.45, 7) is 0. The maximum Gasteiger partial charge on any atom is 0.416 e. The van der Waals surface area contributed by atoms with Crippen molar-refractivity contribution in [1.82, 2.24) is 4.98 Å². The van der Waals surface area contributed by atoms with E-state index >= 15 is 0 Å². The van der Waals surface area contributed by atoms with Crippen LogP contribution >= 0.6 is 11.8 Å². The van der Waals surface area contributed by atoms with E-state index in [1.807, 2.05) is 6.26 Å². The van der Waals surface area contributed by atoms with Gasteiger partial charge in [-0.05, 0) is 30.0 Å². The van der Waals surface area contributed by atoms with Crippen molar-refractivity contribution in [2.24, 2.45) is 0 Å². The molecule has 0 atom stereocenters. The second-order valence-electron chi connectivity index (χ2n) is 3.67. The van der Waals surface area contributed by atoms with Crippen molar-refractivity contribution in [3.8, 4) is 11.1 Å². The molecule has 0 saturated heterocycles. The minimum absolute atomic E-state index is 0.518. The van der Waals surface area contributed by atoms with Gasteiger partial charge in [-0.25, -0.2) is 4.98 Å². The van der Waals surface area contributed by atoms with Crippen molar-refractivity contribution in [3.63, 3.8) is 0 Å². The molecule has 1 heterocycles. The molecule has 0 N–H and O–H groups in total. The second kappa shape index (κ2) is 5.02. The number of nitrogens with zero attached hydrogens (tertiary/aromatic N) is 1. The molecule has 0 amide bonds. The smallest absolute Gasteiger partial charge is 0.249 e. The molecule has 5 heteroatoms. The van der Waals surface area contributed by atoms with Crippen molar-refractivity contribution in [1.29, 1.82) is 0 Å². The highest BCUT2D eigenvalue weighted by molar-refractivity contribution is 7.98. The zero-order chi connectivity index (χ0) is 13.2. The van der Waals surface area contributed by atoms with Gasteiger partial charge in [0, 0.05) is 11.8 Å². The molecule has 1 aromatic carbocycles. The summed E-state index contributed by atoms with van der Waals surface area (Å²) in [7, 11) is 0. The predicted octanol–water partition coefficient (Wildman–Crippen LogP) is 4.49. The van der Waals surface area contributed by atoms with E-state index in [0.717, 1.165) is 17.2 Å². The predicted molar refractivity (Wildman–Crippen MR) is 66.5 cm³/mol. The zero-order valence-corrected chi connectivity index (χ0v) is 10.3. The average Bonchev–Trinajstić information content (AvgIpc) is 2.38. The van der Waals surface area contributed by atoms with Crippen LogP contribution in [-0.4, -0.2) is 11.2 Å². The van der Waals surface area contributed by atoms with Gasteiger partial charge in [0.1, 0.15) is 0 Å². The third-order valence-corrected chi connectivity index (χ3v) is 3.13. The molecule has 1 nitrogen and oxygen atoms in total. The van der Waals surface area contributed by atoms with Gasteiger partial charge in [0.25, 0.3) is 0 Å². The van der Waals surface area contributed by atoms with E-state index < -0.39 is 11.7 Å². The number of hydrogen-bond acceptors (Lipinski definition) is 2. The molecular weight excluding hydrogens is 259 g/mol. The highest BCUT2D eigenvalue weighted by Crippen LogP contribution is 2.32. The molecule has 1 aromatic heterocycles. The van der Waals surface area contributed by atoms with Gasteiger partial charge < -0.3 is 0 Å². The number of benzene rings is 1. The van der Waals surface area contributed by atoms with Crippen LogP contribution in [0.3, 0.4) is 0 Å². The molecule has 2 rings (SSSR count). The Morgan fingerprint density at radius 3 is 2.39 bits per heavy atom. The van der Waals surface area contributed by atoms with Crippen LogP contribution in [0.5, 0.6) is 0 Å². The Morgan fingerprint density at radius 2 is 1.83 bits per heavy atom. The number of thioether (sulfide) groups is 1. The minimum atomic E-state index is -4.32. The fourth-order valence-electron chi connectivity index (χ4n) is 1.55. The largest absolute Gasteiger partial charge is 0.416 e. The van der Waals surface area contributed by atoms with Crippen LogP contribution in [0, 0.1) is 0 Å². The fraction of sp³-hybridized carbons (Fsp3) is 0.154. The Hall–Kier alpha value is -1.49. The molecule has 0 aliphatic rings. The third-order valence-electron chi connectivity index (χ3n) is 2.47. The van der Waals surface area contributed by atoms with E-state index in [4.69, 9.17) is 0 Å². The molecule has 0 aliphatic carbocycles. The van der Waals surface area contributed by atoms with Gasteiger partial charge in [-0.1, -0.05) is 18.2 Å². The van der Waals surface area contributed by atoms with Crippen LogP contribution in [0.15, 0.2) is 47.6 Å². The standard InChI is InChI=1S/C13H10F3NS/c1-18-12-6-5-10(8-17-12)9-3-2-4-11(7-9)13(14,15)16/h2-8H,1H3. The summed E-state index contributed by atoms with van der Waals surface area (Å²) in [6.07, 6.45) is -0.837. The molecule has 0 spiro atoms. The fourth-order valence-corrected chi connectivity index (χ4v) is 1.91. The highest BCUT2D eigenvalue weighted by atomic mass is 32.2. The lowest BCUT2D eigenvalue weighted by molar-refractivity contribution is -0.137. The van der Waals surface area contributed by atoms with Crippen LogP contribution in [-0.2, 0) is 6.18 Å². The van der Waals surface area contributed by atoms with Crippen LogP contribution in [0.1, 0.15) is 5.56 Å². The van der Waals surface area contributed by atoms with Gasteiger partial charge in [0.2, 0.25) is 0 Å². The second-order valence-corrected chi connectivity index (χ2v) is 4.49. The average molecular weight is 269 g/mol. The molecule has 0 fully saturated rings. The summed E-state index contributed by atoms with van der Waals surface area (Å²) in [5.41, 5.74) is 0.554. The van der Waals surface area contributed by atoms with Crippen molar-refractivity contribution in [2.45, 2.75) is 11.2 Å². The molecule has 2 aromatic rings. The minimum Gasteiger partial charge on any atom is -0.249 e. The van der Waals surface area contributed by atoms with Crippen LogP contribution in [0.4, 0.5) is 13.2 Å². The Balaban J connectivity index is 2.38. The summed E-state index contributed by atoms with van der Waals surface area (Å²) >= 11 is 1.49. The quantitative estimate of drug-likeness (QED) is 0.745. The Labute approximate surface area is 107 Å². The van der Waals surface area contributed by atoms with E-state index in [0.29, 0.717) is 11.1 Å². The van der Waals surface area contributed by atoms with E-state index in [-0.39, 0.29) is 0 Å². The first-order chi connectivity index (χ1) is 8.50. The first-order valence-electron chi connectivity index (χ1n) is 5.18. The zero-order valence-electron chi connectivity index (χ0n) is 9.53. The number of rotatable bonds is 2. The summed E-state index contributed by atoms with van der Waals surface area (Å²) in [4.78, 5) is 4.15. The van der Waals surface area contributed by atoms with Gasteiger partial charge in [-0.2, -0.15) is 13.2 Å². The van der Waals surface area contributed by atoms with Crippen molar-refractivity contribution in [3.05, 3.63) is 48.2 Å². The van der Waals surface area contributed by atoms with Gasteiger partial charge in [-0.3, -0.25) is 0 Å². The summed E-state index contributed by atoms with van der Waals surface area (Å²) in [5, 5.41) is 0.839. The summed E-state index contributed by atoms with van der Waals surface area (Å²) in [6, 6.07) is 8.81. The van der Waals surface area contributed by atoms with Crippen molar-refractivity contribution >= 4 is 11.8 Å². The topological polar surface area (TPSA) is 12.9 Å².